The lowest BCUT2D eigenvalue weighted by atomic mass is 10.1. The molecule has 82 valence electrons. The van der Waals surface area contributed by atoms with Crippen LogP contribution < -0.4 is 11.1 Å². The van der Waals surface area contributed by atoms with Gasteiger partial charge in [-0.1, -0.05) is 12.2 Å². The van der Waals surface area contributed by atoms with Gasteiger partial charge in [0.15, 0.2) is 0 Å². The molecular formula is C9H14N4OS. The maximum atomic E-state index is 11.5. The van der Waals surface area contributed by atoms with Crippen LogP contribution >= 0.6 is 12.2 Å². The highest BCUT2D eigenvalue weighted by molar-refractivity contribution is 7.80. The van der Waals surface area contributed by atoms with Crippen LogP contribution in [-0.4, -0.2) is 20.7 Å². The van der Waals surface area contributed by atoms with Crippen molar-refractivity contribution in [3.63, 3.8) is 0 Å². The van der Waals surface area contributed by atoms with Gasteiger partial charge in [0.2, 0.25) is 5.91 Å². The molecule has 15 heavy (non-hydrogen) atoms. The average molecular weight is 226 g/mol. The summed E-state index contributed by atoms with van der Waals surface area (Å²) in [7, 11) is 1.82. The van der Waals surface area contributed by atoms with Gasteiger partial charge < -0.3 is 11.1 Å². The first-order valence-corrected chi connectivity index (χ1v) is 4.96. The lowest BCUT2D eigenvalue weighted by molar-refractivity contribution is -0.122. The van der Waals surface area contributed by atoms with Crippen LogP contribution in [0.4, 0.5) is 0 Å². The fourth-order valence-electron chi connectivity index (χ4n) is 1.03. The molecule has 3 N–H and O–H groups in total. The number of thiocarbonyl (C=S) groups is 1. The molecule has 0 radical (unpaired) electrons. The zero-order chi connectivity index (χ0) is 11.4. The standard InChI is InChI=1S/C9H14N4OS/c1-6(8(10)15)9(14)11-3-7-4-12-13(2)5-7/h4-6H,3H2,1-2H3,(H2,10,15)(H,11,14). The lowest BCUT2D eigenvalue weighted by Crippen LogP contribution is -2.35. The Labute approximate surface area is 93.6 Å². The predicted molar refractivity (Wildman–Crippen MR) is 61.0 cm³/mol. The van der Waals surface area contributed by atoms with E-state index in [0.29, 0.717) is 6.54 Å². The van der Waals surface area contributed by atoms with E-state index in [4.69, 9.17) is 18.0 Å². The van der Waals surface area contributed by atoms with Gasteiger partial charge in [0.05, 0.1) is 17.1 Å². The largest absolute Gasteiger partial charge is 0.393 e. The first kappa shape index (κ1) is 11.6. The summed E-state index contributed by atoms with van der Waals surface area (Å²) in [6.07, 6.45) is 3.54. The Hall–Kier alpha value is -1.43. The minimum Gasteiger partial charge on any atom is -0.393 e. The van der Waals surface area contributed by atoms with Gasteiger partial charge in [-0.05, 0) is 6.92 Å². The summed E-state index contributed by atoms with van der Waals surface area (Å²) < 4.78 is 1.68. The van der Waals surface area contributed by atoms with Crippen molar-refractivity contribution in [2.24, 2.45) is 18.7 Å². The number of nitrogens with one attached hydrogen (secondary N) is 1. The lowest BCUT2D eigenvalue weighted by Gasteiger charge is -2.09. The van der Waals surface area contributed by atoms with Crippen LogP contribution in [-0.2, 0) is 18.4 Å². The Kier molecular flexibility index (Phi) is 3.79. The zero-order valence-electron chi connectivity index (χ0n) is 8.73. The summed E-state index contributed by atoms with van der Waals surface area (Å²) in [5, 5.41) is 6.72. The van der Waals surface area contributed by atoms with Crippen molar-refractivity contribution in [3.8, 4) is 0 Å². The Balaban J connectivity index is 2.44. The topological polar surface area (TPSA) is 72.9 Å². The molecule has 0 aliphatic carbocycles. The minimum absolute atomic E-state index is 0.161. The Bertz CT molecular complexity index is 374. The number of hydrogen-bond donors (Lipinski definition) is 2. The van der Waals surface area contributed by atoms with Crippen LogP contribution in [0.5, 0.6) is 0 Å². The van der Waals surface area contributed by atoms with Crippen molar-refractivity contribution >= 4 is 23.1 Å². The van der Waals surface area contributed by atoms with Gasteiger partial charge in [-0.2, -0.15) is 5.10 Å². The summed E-state index contributed by atoms with van der Waals surface area (Å²) in [4.78, 5) is 11.7. The highest BCUT2D eigenvalue weighted by atomic mass is 32.1. The number of nitrogens with two attached hydrogens (primary N) is 1. The average Bonchev–Trinajstić information content (AvgIpc) is 2.59. The predicted octanol–water partition coefficient (Wildman–Crippen LogP) is -0.0415. The normalized spacial score (nSPS) is 12.1. The second-order valence-electron chi connectivity index (χ2n) is 3.36. The number of aryl methyl sites for hydroxylation is 1. The fourth-order valence-corrected chi connectivity index (χ4v) is 1.14. The molecule has 0 aliphatic heterocycles. The molecule has 1 atom stereocenters. The van der Waals surface area contributed by atoms with Crippen molar-refractivity contribution in [2.45, 2.75) is 13.5 Å². The van der Waals surface area contributed by atoms with Gasteiger partial charge in [-0.15, -0.1) is 0 Å². The molecular weight excluding hydrogens is 212 g/mol. The Morgan fingerprint density at radius 2 is 2.47 bits per heavy atom. The monoisotopic (exact) mass is 226 g/mol. The minimum atomic E-state index is -0.434. The molecule has 1 amide bonds. The summed E-state index contributed by atoms with van der Waals surface area (Å²) in [5.41, 5.74) is 6.31. The van der Waals surface area contributed by atoms with Gasteiger partial charge in [0.25, 0.3) is 0 Å². The fraction of sp³-hybridized carbons (Fsp3) is 0.444. The smallest absolute Gasteiger partial charge is 0.229 e. The zero-order valence-corrected chi connectivity index (χ0v) is 9.54. The van der Waals surface area contributed by atoms with Gasteiger partial charge in [0, 0.05) is 25.4 Å². The van der Waals surface area contributed by atoms with Crippen molar-refractivity contribution in [1.82, 2.24) is 15.1 Å². The number of carbonyl (C=O) groups is 1. The van der Waals surface area contributed by atoms with E-state index < -0.39 is 5.92 Å². The number of nitrogens with zero attached hydrogens (tertiary/aromatic N) is 2. The molecule has 0 fully saturated rings. The highest BCUT2D eigenvalue weighted by Gasteiger charge is 2.14. The third-order valence-corrected chi connectivity index (χ3v) is 2.40. The number of rotatable bonds is 4. The van der Waals surface area contributed by atoms with Crippen LogP contribution in [0.3, 0.4) is 0 Å². The molecule has 1 rings (SSSR count). The molecule has 1 aromatic rings. The molecule has 0 saturated heterocycles. The van der Waals surface area contributed by atoms with Crippen molar-refractivity contribution in [2.75, 3.05) is 0 Å². The Morgan fingerprint density at radius 3 is 2.93 bits per heavy atom. The van der Waals surface area contributed by atoms with E-state index in [1.54, 1.807) is 17.8 Å². The first-order valence-electron chi connectivity index (χ1n) is 4.55. The van der Waals surface area contributed by atoms with E-state index in [0.717, 1.165) is 5.56 Å². The second-order valence-corrected chi connectivity index (χ2v) is 3.84. The van der Waals surface area contributed by atoms with Gasteiger partial charge in [-0.3, -0.25) is 9.48 Å². The van der Waals surface area contributed by atoms with Crippen molar-refractivity contribution < 1.29 is 4.79 Å². The number of amides is 1. The van der Waals surface area contributed by atoms with Crippen LogP contribution in [0.25, 0.3) is 0 Å². The molecule has 0 saturated carbocycles. The summed E-state index contributed by atoms with van der Waals surface area (Å²) in [6, 6.07) is 0. The van der Waals surface area contributed by atoms with Crippen molar-refractivity contribution in [3.05, 3.63) is 18.0 Å². The SMILES string of the molecule is CC(C(=O)NCc1cnn(C)c1)C(N)=S. The number of hydrogen-bond acceptors (Lipinski definition) is 3. The van der Waals surface area contributed by atoms with Crippen LogP contribution in [0.2, 0.25) is 0 Å². The van der Waals surface area contributed by atoms with Gasteiger partial charge >= 0.3 is 0 Å². The second kappa shape index (κ2) is 4.88. The highest BCUT2D eigenvalue weighted by Crippen LogP contribution is 1.98. The molecule has 0 spiro atoms. The molecule has 1 aromatic heterocycles. The number of carbonyl (C=O) groups excluding carboxylic acids is 1. The van der Waals surface area contributed by atoms with Gasteiger partial charge in [-0.25, -0.2) is 0 Å². The van der Waals surface area contributed by atoms with E-state index in [2.05, 4.69) is 10.4 Å². The molecule has 5 nitrogen and oxygen atoms in total. The summed E-state index contributed by atoms with van der Waals surface area (Å²) in [6.45, 7) is 2.13. The van der Waals surface area contributed by atoms with Gasteiger partial charge in [0.1, 0.15) is 0 Å². The molecule has 6 heteroatoms. The summed E-state index contributed by atoms with van der Waals surface area (Å²) in [5.74, 6) is -0.594. The van der Waals surface area contributed by atoms with Crippen LogP contribution in [0.15, 0.2) is 12.4 Å². The quantitative estimate of drug-likeness (QED) is 0.706. The van der Waals surface area contributed by atoms with Crippen LogP contribution in [0, 0.1) is 5.92 Å². The molecule has 0 aliphatic rings. The third kappa shape index (κ3) is 3.32. The number of aromatic nitrogens is 2. The molecule has 0 bridgehead atoms. The van der Waals surface area contributed by atoms with E-state index >= 15 is 0 Å². The van der Waals surface area contributed by atoms with E-state index in [1.807, 2.05) is 13.2 Å². The van der Waals surface area contributed by atoms with E-state index in [9.17, 15) is 4.79 Å². The maximum absolute atomic E-state index is 11.5. The molecule has 1 unspecified atom stereocenters. The summed E-state index contributed by atoms with van der Waals surface area (Å²) >= 11 is 4.73. The Morgan fingerprint density at radius 1 is 1.80 bits per heavy atom. The van der Waals surface area contributed by atoms with Crippen LogP contribution in [0.1, 0.15) is 12.5 Å². The van der Waals surface area contributed by atoms with E-state index in [-0.39, 0.29) is 10.9 Å². The molecule has 1 heterocycles. The third-order valence-electron chi connectivity index (χ3n) is 2.05. The molecule has 0 aromatic carbocycles. The van der Waals surface area contributed by atoms with E-state index in [1.165, 1.54) is 0 Å². The first-order chi connectivity index (χ1) is 7.00. The maximum Gasteiger partial charge on any atom is 0.229 e. The van der Waals surface area contributed by atoms with Crippen molar-refractivity contribution in [1.29, 1.82) is 0 Å².